The van der Waals surface area contributed by atoms with E-state index in [-0.39, 0.29) is 0 Å². The van der Waals surface area contributed by atoms with Crippen LogP contribution in [0.1, 0.15) is 66.2 Å². The standard InChI is InChI=1S/C12H24/c1-5-6-12(4)9-7-11(2,3)8-10-12/h5-10H2,1-4H3. The van der Waals surface area contributed by atoms with Crippen LogP contribution < -0.4 is 0 Å². The quantitative estimate of drug-likeness (QED) is 0.573. The molecule has 1 saturated carbocycles. The van der Waals surface area contributed by atoms with Gasteiger partial charge in [-0.05, 0) is 42.9 Å². The van der Waals surface area contributed by atoms with Crippen LogP contribution in [0.3, 0.4) is 0 Å². The summed E-state index contributed by atoms with van der Waals surface area (Å²) < 4.78 is 0. The first kappa shape index (κ1) is 10.1. The van der Waals surface area contributed by atoms with Crippen molar-refractivity contribution in [1.29, 1.82) is 0 Å². The van der Waals surface area contributed by atoms with Crippen molar-refractivity contribution in [3.63, 3.8) is 0 Å². The van der Waals surface area contributed by atoms with Crippen LogP contribution in [0.2, 0.25) is 0 Å². The fourth-order valence-corrected chi connectivity index (χ4v) is 2.38. The molecule has 0 unspecified atom stereocenters. The van der Waals surface area contributed by atoms with Gasteiger partial charge in [0.1, 0.15) is 0 Å². The van der Waals surface area contributed by atoms with Crippen LogP contribution in [-0.4, -0.2) is 0 Å². The summed E-state index contributed by atoms with van der Waals surface area (Å²) in [4.78, 5) is 0. The number of rotatable bonds is 2. The second-order valence-corrected chi connectivity index (χ2v) is 5.72. The van der Waals surface area contributed by atoms with E-state index < -0.39 is 0 Å². The lowest BCUT2D eigenvalue weighted by Gasteiger charge is -2.41. The highest BCUT2D eigenvalue weighted by Gasteiger charge is 2.33. The van der Waals surface area contributed by atoms with Gasteiger partial charge < -0.3 is 0 Å². The van der Waals surface area contributed by atoms with Crippen LogP contribution in [0, 0.1) is 10.8 Å². The van der Waals surface area contributed by atoms with Crippen LogP contribution in [-0.2, 0) is 0 Å². The summed E-state index contributed by atoms with van der Waals surface area (Å²) in [5.41, 5.74) is 1.32. The molecule has 0 aromatic carbocycles. The Morgan fingerprint density at radius 1 is 0.917 bits per heavy atom. The highest BCUT2D eigenvalue weighted by Crippen LogP contribution is 2.46. The Balaban J connectivity index is 2.44. The van der Waals surface area contributed by atoms with Crippen LogP contribution >= 0.6 is 0 Å². The Kier molecular flexibility index (Phi) is 2.85. The molecule has 0 radical (unpaired) electrons. The number of hydrogen-bond donors (Lipinski definition) is 0. The minimum atomic E-state index is 0.632. The minimum Gasteiger partial charge on any atom is -0.0654 e. The maximum absolute atomic E-state index is 2.48. The highest BCUT2D eigenvalue weighted by atomic mass is 14.4. The SMILES string of the molecule is CCCC1(C)CCC(C)(C)CC1. The van der Waals surface area contributed by atoms with E-state index in [2.05, 4.69) is 27.7 Å². The van der Waals surface area contributed by atoms with Gasteiger partial charge in [-0.25, -0.2) is 0 Å². The van der Waals surface area contributed by atoms with Crippen LogP contribution in [0.5, 0.6) is 0 Å². The Bertz CT molecular complexity index is 134. The van der Waals surface area contributed by atoms with Gasteiger partial charge in [0.15, 0.2) is 0 Å². The summed E-state index contributed by atoms with van der Waals surface area (Å²) in [5.74, 6) is 0. The van der Waals surface area contributed by atoms with Crippen molar-refractivity contribution >= 4 is 0 Å². The third-order valence-corrected chi connectivity index (χ3v) is 3.66. The van der Waals surface area contributed by atoms with Gasteiger partial charge in [-0.1, -0.05) is 34.1 Å². The van der Waals surface area contributed by atoms with Gasteiger partial charge in [-0.3, -0.25) is 0 Å². The predicted molar refractivity (Wildman–Crippen MR) is 55.3 cm³/mol. The second kappa shape index (κ2) is 3.40. The van der Waals surface area contributed by atoms with E-state index in [1.165, 1.54) is 38.5 Å². The van der Waals surface area contributed by atoms with Crippen molar-refractivity contribution in [2.24, 2.45) is 10.8 Å². The molecule has 0 saturated heterocycles. The summed E-state index contributed by atoms with van der Waals surface area (Å²) in [6, 6.07) is 0. The Morgan fingerprint density at radius 3 is 1.83 bits per heavy atom. The molecule has 0 heterocycles. The molecule has 12 heavy (non-hydrogen) atoms. The molecule has 0 atom stereocenters. The molecule has 0 heteroatoms. The smallest absolute Gasteiger partial charge is 0.0326 e. The summed E-state index contributed by atoms with van der Waals surface area (Å²) >= 11 is 0. The maximum atomic E-state index is 2.48. The molecule has 0 amide bonds. The normalized spacial score (nSPS) is 27.0. The molecule has 1 fully saturated rings. The van der Waals surface area contributed by atoms with Gasteiger partial charge in [-0.2, -0.15) is 0 Å². The van der Waals surface area contributed by atoms with E-state index >= 15 is 0 Å². The van der Waals surface area contributed by atoms with E-state index in [1.54, 1.807) is 0 Å². The average Bonchev–Trinajstić information content (AvgIpc) is 1.98. The molecule has 0 nitrogen and oxygen atoms in total. The van der Waals surface area contributed by atoms with E-state index in [4.69, 9.17) is 0 Å². The molecule has 72 valence electrons. The summed E-state index contributed by atoms with van der Waals surface area (Å²) in [5, 5.41) is 0. The molecular formula is C12H24. The first-order valence-corrected chi connectivity index (χ1v) is 5.47. The van der Waals surface area contributed by atoms with Gasteiger partial charge in [-0.15, -0.1) is 0 Å². The molecule has 0 aromatic rings. The largest absolute Gasteiger partial charge is 0.0654 e. The molecule has 1 aliphatic rings. The summed E-state index contributed by atoms with van der Waals surface area (Å²) in [7, 11) is 0. The van der Waals surface area contributed by atoms with Crippen molar-refractivity contribution < 1.29 is 0 Å². The van der Waals surface area contributed by atoms with Crippen molar-refractivity contribution in [3.05, 3.63) is 0 Å². The van der Waals surface area contributed by atoms with Crippen molar-refractivity contribution in [1.82, 2.24) is 0 Å². The zero-order valence-corrected chi connectivity index (χ0v) is 9.24. The zero-order chi connectivity index (χ0) is 9.24. The molecular weight excluding hydrogens is 144 g/mol. The predicted octanol–water partition coefficient (Wildman–Crippen LogP) is 4.39. The van der Waals surface area contributed by atoms with Gasteiger partial charge in [0.25, 0.3) is 0 Å². The lowest BCUT2D eigenvalue weighted by molar-refractivity contribution is 0.108. The molecule has 0 aliphatic heterocycles. The first-order valence-electron chi connectivity index (χ1n) is 5.47. The third kappa shape index (κ3) is 2.50. The van der Waals surface area contributed by atoms with Crippen molar-refractivity contribution in [2.45, 2.75) is 66.2 Å². The molecule has 0 bridgehead atoms. The van der Waals surface area contributed by atoms with E-state index in [1.807, 2.05) is 0 Å². The molecule has 1 rings (SSSR count). The number of hydrogen-bond acceptors (Lipinski definition) is 0. The Morgan fingerprint density at radius 2 is 1.42 bits per heavy atom. The first-order chi connectivity index (χ1) is 5.47. The lowest BCUT2D eigenvalue weighted by atomic mass is 9.64. The van der Waals surface area contributed by atoms with Crippen molar-refractivity contribution in [2.75, 3.05) is 0 Å². The van der Waals surface area contributed by atoms with Crippen LogP contribution in [0.15, 0.2) is 0 Å². The second-order valence-electron chi connectivity index (χ2n) is 5.72. The van der Waals surface area contributed by atoms with Crippen LogP contribution in [0.25, 0.3) is 0 Å². The topological polar surface area (TPSA) is 0 Å². The van der Waals surface area contributed by atoms with Gasteiger partial charge in [0.2, 0.25) is 0 Å². The minimum absolute atomic E-state index is 0.632. The fraction of sp³-hybridized carbons (Fsp3) is 1.00. The van der Waals surface area contributed by atoms with Gasteiger partial charge in [0.05, 0.1) is 0 Å². The van der Waals surface area contributed by atoms with Gasteiger partial charge in [0, 0.05) is 0 Å². The maximum Gasteiger partial charge on any atom is -0.0326 e. The molecule has 1 aliphatic carbocycles. The monoisotopic (exact) mass is 168 g/mol. The zero-order valence-electron chi connectivity index (χ0n) is 9.24. The average molecular weight is 168 g/mol. The van der Waals surface area contributed by atoms with E-state index in [0.717, 1.165) is 0 Å². The fourth-order valence-electron chi connectivity index (χ4n) is 2.38. The summed E-state index contributed by atoms with van der Waals surface area (Å²) in [6.45, 7) is 9.62. The Hall–Kier alpha value is 0. The molecule has 0 N–H and O–H groups in total. The van der Waals surface area contributed by atoms with Gasteiger partial charge >= 0.3 is 0 Å². The van der Waals surface area contributed by atoms with Crippen molar-refractivity contribution in [3.8, 4) is 0 Å². The molecule has 0 aromatic heterocycles. The van der Waals surface area contributed by atoms with E-state index in [0.29, 0.717) is 10.8 Å². The Labute approximate surface area is 77.7 Å². The molecule has 0 spiro atoms. The highest BCUT2D eigenvalue weighted by molar-refractivity contribution is 4.85. The third-order valence-electron chi connectivity index (χ3n) is 3.66. The van der Waals surface area contributed by atoms with Crippen LogP contribution in [0.4, 0.5) is 0 Å². The summed E-state index contributed by atoms with van der Waals surface area (Å²) in [6.07, 6.45) is 8.56. The van der Waals surface area contributed by atoms with E-state index in [9.17, 15) is 0 Å². The lowest BCUT2D eigenvalue weighted by Crippen LogP contribution is -2.28.